The quantitative estimate of drug-likeness (QED) is 0.719. The van der Waals surface area contributed by atoms with E-state index in [0.717, 1.165) is 36.6 Å². The van der Waals surface area contributed by atoms with Crippen molar-refractivity contribution in [2.24, 2.45) is 0 Å². The van der Waals surface area contributed by atoms with E-state index in [1.54, 1.807) is 12.3 Å². The van der Waals surface area contributed by atoms with Gasteiger partial charge in [-0.3, -0.25) is 0 Å². The monoisotopic (exact) mass is 290 g/mol. The summed E-state index contributed by atoms with van der Waals surface area (Å²) in [4.78, 5) is 0. The smallest absolute Gasteiger partial charge is 0.174 e. The van der Waals surface area contributed by atoms with Gasteiger partial charge in [0.25, 0.3) is 0 Å². The summed E-state index contributed by atoms with van der Waals surface area (Å²) in [6, 6.07) is 7.73. The van der Waals surface area contributed by atoms with Crippen LogP contribution in [0.2, 0.25) is 0 Å². The van der Waals surface area contributed by atoms with E-state index in [9.17, 15) is 0 Å². The molecular weight excluding hydrogens is 268 g/mol. The van der Waals surface area contributed by atoms with Crippen molar-refractivity contribution in [3.8, 4) is 11.5 Å². The lowest BCUT2D eigenvalue weighted by Crippen LogP contribution is -2.15. The minimum absolute atomic E-state index is 0.338. The third-order valence-electron chi connectivity index (χ3n) is 2.95. The van der Waals surface area contributed by atoms with E-state index in [4.69, 9.17) is 14.0 Å². The van der Waals surface area contributed by atoms with Gasteiger partial charge >= 0.3 is 0 Å². The molecule has 0 bridgehead atoms. The Hall–Kier alpha value is -2.01. The normalized spacial score (nSPS) is 10.6. The Labute approximate surface area is 125 Å². The van der Waals surface area contributed by atoms with Crippen molar-refractivity contribution in [1.29, 1.82) is 0 Å². The molecule has 5 nitrogen and oxygen atoms in total. The number of benzene rings is 1. The molecule has 114 valence electrons. The second-order valence-electron chi connectivity index (χ2n) is 4.62. The molecule has 21 heavy (non-hydrogen) atoms. The van der Waals surface area contributed by atoms with Gasteiger partial charge in [-0.1, -0.05) is 24.2 Å². The van der Waals surface area contributed by atoms with E-state index in [0.29, 0.717) is 19.0 Å². The topological polar surface area (TPSA) is 56.5 Å². The highest BCUT2D eigenvalue weighted by Crippen LogP contribution is 2.32. The first-order valence-electron chi connectivity index (χ1n) is 7.32. The summed E-state index contributed by atoms with van der Waals surface area (Å²) in [5.41, 5.74) is 1.08. The average molecular weight is 290 g/mol. The van der Waals surface area contributed by atoms with Crippen molar-refractivity contribution < 1.29 is 14.0 Å². The van der Waals surface area contributed by atoms with Crippen LogP contribution in [0.3, 0.4) is 0 Å². The van der Waals surface area contributed by atoms with Gasteiger partial charge in [-0.05, 0) is 26.0 Å². The van der Waals surface area contributed by atoms with Gasteiger partial charge in [0.15, 0.2) is 17.3 Å². The van der Waals surface area contributed by atoms with Crippen LogP contribution in [0.15, 0.2) is 35.0 Å². The number of ether oxygens (including phenoxy) is 2. The molecule has 1 aromatic heterocycles. The Morgan fingerprint density at radius 2 is 2.10 bits per heavy atom. The lowest BCUT2D eigenvalue weighted by Gasteiger charge is -2.15. The summed E-state index contributed by atoms with van der Waals surface area (Å²) >= 11 is 0. The van der Waals surface area contributed by atoms with Crippen LogP contribution in [0.25, 0.3) is 0 Å². The fourth-order valence-electron chi connectivity index (χ4n) is 1.99. The third-order valence-corrected chi connectivity index (χ3v) is 2.95. The van der Waals surface area contributed by atoms with Crippen LogP contribution in [0.1, 0.15) is 31.6 Å². The minimum Gasteiger partial charge on any atom is -0.490 e. The molecule has 2 rings (SSSR count). The maximum absolute atomic E-state index is 5.90. The number of hydrogen-bond acceptors (Lipinski definition) is 5. The van der Waals surface area contributed by atoms with Gasteiger partial charge in [0.1, 0.15) is 6.61 Å². The van der Waals surface area contributed by atoms with Gasteiger partial charge in [0.05, 0.1) is 12.8 Å². The predicted molar refractivity (Wildman–Crippen MR) is 80.4 cm³/mol. The largest absolute Gasteiger partial charge is 0.490 e. The molecule has 0 saturated carbocycles. The molecule has 0 spiro atoms. The molecule has 0 saturated heterocycles. The maximum atomic E-state index is 5.90. The molecule has 5 heteroatoms. The summed E-state index contributed by atoms with van der Waals surface area (Å²) in [6.45, 7) is 6.77. The first kappa shape index (κ1) is 15.4. The van der Waals surface area contributed by atoms with Gasteiger partial charge in [0, 0.05) is 18.2 Å². The zero-order valence-corrected chi connectivity index (χ0v) is 12.6. The zero-order chi connectivity index (χ0) is 14.9. The lowest BCUT2D eigenvalue weighted by molar-refractivity contribution is 0.231. The predicted octanol–water partition coefficient (Wildman–Crippen LogP) is 3.15. The summed E-state index contributed by atoms with van der Waals surface area (Å²) in [5.74, 6) is 2.21. The van der Waals surface area contributed by atoms with Crippen molar-refractivity contribution in [3.05, 3.63) is 41.8 Å². The average Bonchev–Trinajstić information content (AvgIpc) is 3.00. The second-order valence-corrected chi connectivity index (χ2v) is 4.62. The van der Waals surface area contributed by atoms with Crippen LogP contribution < -0.4 is 14.8 Å². The number of para-hydroxylation sites is 1. The molecule has 0 unspecified atom stereocenters. The fourth-order valence-corrected chi connectivity index (χ4v) is 1.99. The highest BCUT2D eigenvalue weighted by molar-refractivity contribution is 5.46. The van der Waals surface area contributed by atoms with Crippen LogP contribution in [0, 0.1) is 0 Å². The molecule has 0 fully saturated rings. The fraction of sp³-hybridized carbons (Fsp3) is 0.438. The van der Waals surface area contributed by atoms with E-state index in [1.807, 2.05) is 25.1 Å². The number of nitrogens with zero attached hydrogens (tertiary/aromatic N) is 1. The number of hydrogen-bond donors (Lipinski definition) is 1. The minimum atomic E-state index is 0.338. The SMILES string of the molecule is CCCNCc1cccc(OCC)c1OCc1ccno1. The number of rotatable bonds is 9. The van der Waals surface area contributed by atoms with Crippen molar-refractivity contribution in [3.63, 3.8) is 0 Å². The second kappa shape index (κ2) is 8.32. The van der Waals surface area contributed by atoms with Gasteiger partial charge in [-0.15, -0.1) is 0 Å². The molecule has 1 N–H and O–H groups in total. The van der Waals surface area contributed by atoms with E-state index < -0.39 is 0 Å². The Morgan fingerprint density at radius 3 is 2.81 bits per heavy atom. The summed E-state index contributed by atoms with van der Waals surface area (Å²) in [6.07, 6.45) is 2.70. The van der Waals surface area contributed by atoms with Crippen molar-refractivity contribution in [1.82, 2.24) is 10.5 Å². The van der Waals surface area contributed by atoms with Crippen molar-refractivity contribution in [2.45, 2.75) is 33.4 Å². The van der Waals surface area contributed by atoms with Gasteiger partial charge < -0.3 is 19.3 Å². The Bertz CT molecular complexity index is 526. The molecule has 1 aromatic carbocycles. The maximum Gasteiger partial charge on any atom is 0.174 e. The van der Waals surface area contributed by atoms with Gasteiger partial charge in [-0.2, -0.15) is 0 Å². The van der Waals surface area contributed by atoms with Crippen LogP contribution in [0.4, 0.5) is 0 Å². The number of aromatic nitrogens is 1. The zero-order valence-electron chi connectivity index (χ0n) is 12.6. The highest BCUT2D eigenvalue weighted by Gasteiger charge is 2.12. The van der Waals surface area contributed by atoms with Crippen molar-refractivity contribution >= 4 is 0 Å². The molecule has 0 radical (unpaired) electrons. The van der Waals surface area contributed by atoms with E-state index in [-0.39, 0.29) is 0 Å². The van der Waals surface area contributed by atoms with Crippen LogP contribution in [-0.2, 0) is 13.2 Å². The van der Waals surface area contributed by atoms with Crippen molar-refractivity contribution in [2.75, 3.05) is 13.2 Å². The Kier molecular flexibility index (Phi) is 6.09. The number of nitrogens with one attached hydrogen (secondary N) is 1. The molecule has 0 amide bonds. The van der Waals surface area contributed by atoms with E-state index >= 15 is 0 Å². The van der Waals surface area contributed by atoms with Crippen LogP contribution in [0.5, 0.6) is 11.5 Å². The molecule has 2 aromatic rings. The molecule has 1 heterocycles. The standard InChI is InChI=1S/C16H22N2O3/c1-3-9-17-11-13-6-5-7-15(19-4-2)16(13)20-12-14-8-10-18-21-14/h5-8,10,17H,3-4,9,11-12H2,1-2H3. The summed E-state index contributed by atoms with van der Waals surface area (Å²) in [7, 11) is 0. The van der Waals surface area contributed by atoms with Gasteiger partial charge in [-0.25, -0.2) is 0 Å². The Morgan fingerprint density at radius 1 is 1.19 bits per heavy atom. The van der Waals surface area contributed by atoms with E-state index in [2.05, 4.69) is 17.4 Å². The lowest BCUT2D eigenvalue weighted by atomic mass is 10.2. The van der Waals surface area contributed by atoms with E-state index in [1.165, 1.54) is 0 Å². The molecule has 0 aliphatic heterocycles. The summed E-state index contributed by atoms with van der Waals surface area (Å²) < 4.78 is 16.6. The van der Waals surface area contributed by atoms with Crippen LogP contribution >= 0.6 is 0 Å². The Balaban J connectivity index is 2.12. The van der Waals surface area contributed by atoms with Gasteiger partial charge in [0.2, 0.25) is 0 Å². The third kappa shape index (κ3) is 4.49. The first-order valence-corrected chi connectivity index (χ1v) is 7.32. The molecule has 0 atom stereocenters. The molecule has 0 aliphatic rings. The first-order chi connectivity index (χ1) is 10.3. The van der Waals surface area contributed by atoms with Crippen LogP contribution in [-0.4, -0.2) is 18.3 Å². The molecular formula is C16H22N2O3. The molecule has 0 aliphatic carbocycles. The summed E-state index contributed by atoms with van der Waals surface area (Å²) in [5, 5.41) is 7.06. The highest BCUT2D eigenvalue weighted by atomic mass is 16.5.